The monoisotopic (exact) mass is 489 g/mol. The van der Waals surface area contributed by atoms with E-state index in [1.54, 1.807) is 12.4 Å². The second kappa shape index (κ2) is 8.90. The molecule has 0 saturated carbocycles. The summed E-state index contributed by atoms with van der Waals surface area (Å²) in [5.41, 5.74) is 5.77. The van der Waals surface area contributed by atoms with E-state index in [0.29, 0.717) is 10.8 Å². The molecule has 3 aromatic rings. The molecule has 1 amide bonds. The van der Waals surface area contributed by atoms with E-state index >= 15 is 0 Å². The zero-order valence-corrected chi connectivity index (χ0v) is 20.7. The number of anilines is 2. The number of amides is 1. The van der Waals surface area contributed by atoms with Crippen molar-refractivity contribution in [3.8, 4) is 0 Å². The van der Waals surface area contributed by atoms with E-state index in [9.17, 15) is 4.79 Å². The molecule has 4 rings (SSSR count). The van der Waals surface area contributed by atoms with Crippen LogP contribution < -0.4 is 16.0 Å². The van der Waals surface area contributed by atoms with Crippen LogP contribution in [0, 0.1) is 0 Å². The van der Waals surface area contributed by atoms with Crippen LogP contribution in [0.3, 0.4) is 0 Å². The number of rotatable bonds is 4. The van der Waals surface area contributed by atoms with Crippen LogP contribution in [0.15, 0.2) is 40.6 Å². The number of hydrogen-bond donors (Lipinski definition) is 2. The summed E-state index contributed by atoms with van der Waals surface area (Å²) in [4.78, 5) is 29.4. The first-order valence-corrected chi connectivity index (χ1v) is 11.9. The molecule has 0 unspecified atom stereocenters. The number of piperidine rings is 1. The van der Waals surface area contributed by atoms with Crippen molar-refractivity contribution < 1.29 is 9.53 Å². The normalized spacial score (nSPS) is 16.1. The standard InChI is InChI=1S/C22H28ClN7O2S/c1-21(2,3)32-20(31)28-22(4)6-10-29(11-7-22)19-27-13-15(18-26-9-12-30(18)19)33-14-5-8-25-17(24)16(14)23/h5,8-9,12-13H,6-7,10-11H2,1-4H3,(H2,24,25)(H,28,31). The van der Waals surface area contributed by atoms with Gasteiger partial charge in [0.25, 0.3) is 0 Å². The number of ether oxygens (including phenoxy) is 1. The smallest absolute Gasteiger partial charge is 0.408 e. The molecule has 0 aromatic carbocycles. The Bertz CT molecular complexity index is 1170. The highest BCUT2D eigenvalue weighted by Crippen LogP contribution is 2.37. The summed E-state index contributed by atoms with van der Waals surface area (Å²) in [5, 5.41) is 3.46. The Labute approximate surface area is 202 Å². The zero-order valence-electron chi connectivity index (χ0n) is 19.1. The first-order chi connectivity index (χ1) is 15.5. The maximum Gasteiger partial charge on any atom is 0.408 e. The first kappa shape index (κ1) is 23.4. The molecule has 1 aliphatic heterocycles. The van der Waals surface area contributed by atoms with Gasteiger partial charge in [-0.15, -0.1) is 0 Å². The van der Waals surface area contributed by atoms with E-state index in [2.05, 4.69) is 27.1 Å². The lowest BCUT2D eigenvalue weighted by Crippen LogP contribution is -2.54. The minimum Gasteiger partial charge on any atom is -0.444 e. The van der Waals surface area contributed by atoms with Crippen molar-refractivity contribution in [1.29, 1.82) is 0 Å². The van der Waals surface area contributed by atoms with Gasteiger partial charge in [-0.2, -0.15) is 0 Å². The third-order valence-corrected chi connectivity index (χ3v) is 7.00. The third kappa shape index (κ3) is 5.27. The van der Waals surface area contributed by atoms with Crippen LogP contribution in [0.5, 0.6) is 0 Å². The summed E-state index contributed by atoms with van der Waals surface area (Å²) in [7, 11) is 0. The van der Waals surface area contributed by atoms with Gasteiger partial charge in [-0.25, -0.2) is 19.7 Å². The zero-order chi connectivity index (χ0) is 23.8. The van der Waals surface area contributed by atoms with E-state index in [-0.39, 0.29) is 11.6 Å². The number of nitrogen functional groups attached to an aromatic ring is 1. The van der Waals surface area contributed by atoms with Gasteiger partial charge in [-0.1, -0.05) is 23.4 Å². The summed E-state index contributed by atoms with van der Waals surface area (Å²) in [6.45, 7) is 9.12. The molecule has 1 fully saturated rings. The minimum absolute atomic E-state index is 0.293. The molecule has 0 bridgehead atoms. The van der Waals surface area contributed by atoms with Gasteiger partial charge in [0.2, 0.25) is 5.95 Å². The first-order valence-electron chi connectivity index (χ1n) is 10.7. The molecule has 11 heteroatoms. The number of halogens is 1. The summed E-state index contributed by atoms with van der Waals surface area (Å²) in [5.74, 6) is 1.11. The maximum atomic E-state index is 12.3. The van der Waals surface area contributed by atoms with Crippen LogP contribution in [-0.2, 0) is 4.74 Å². The Kier molecular flexibility index (Phi) is 6.32. The number of alkyl carbamates (subject to hydrolysis) is 1. The molecule has 3 N–H and O–H groups in total. The molecule has 1 saturated heterocycles. The molecule has 0 aliphatic carbocycles. The van der Waals surface area contributed by atoms with Crippen LogP contribution in [0.1, 0.15) is 40.5 Å². The minimum atomic E-state index is -0.524. The maximum absolute atomic E-state index is 12.3. The molecule has 33 heavy (non-hydrogen) atoms. The average Bonchev–Trinajstić information content (AvgIpc) is 3.21. The predicted molar refractivity (Wildman–Crippen MR) is 130 cm³/mol. The Morgan fingerprint density at radius 3 is 2.64 bits per heavy atom. The van der Waals surface area contributed by atoms with E-state index in [4.69, 9.17) is 27.1 Å². The summed E-state index contributed by atoms with van der Waals surface area (Å²) in [6, 6.07) is 1.82. The SMILES string of the molecule is CC1(NC(=O)OC(C)(C)C)CCN(c2ncc(Sc3ccnc(N)c3Cl)c3nccn23)CC1. The number of carbonyl (C=O) groups is 1. The molecule has 9 nitrogen and oxygen atoms in total. The van der Waals surface area contributed by atoms with E-state index in [1.807, 2.05) is 43.6 Å². The number of nitrogens with one attached hydrogen (secondary N) is 1. The fraction of sp³-hybridized carbons (Fsp3) is 0.455. The molecule has 0 atom stereocenters. The van der Waals surface area contributed by atoms with Gasteiger partial charge in [0.15, 0.2) is 5.65 Å². The number of hydrogen-bond acceptors (Lipinski definition) is 8. The summed E-state index contributed by atoms with van der Waals surface area (Å²) in [6.07, 6.45) is 8.25. The Balaban J connectivity index is 1.49. The van der Waals surface area contributed by atoms with Gasteiger partial charge in [-0.3, -0.25) is 4.40 Å². The van der Waals surface area contributed by atoms with Crippen molar-refractivity contribution in [3.05, 3.63) is 35.9 Å². The molecule has 3 aromatic heterocycles. The van der Waals surface area contributed by atoms with Gasteiger partial charge >= 0.3 is 6.09 Å². The molecular formula is C22H28ClN7O2S. The van der Waals surface area contributed by atoms with Crippen molar-refractivity contribution in [3.63, 3.8) is 0 Å². The molecule has 1 aliphatic rings. The third-order valence-electron chi connectivity index (χ3n) is 5.43. The van der Waals surface area contributed by atoms with E-state index in [0.717, 1.165) is 47.3 Å². The molecular weight excluding hydrogens is 462 g/mol. The summed E-state index contributed by atoms with van der Waals surface area (Å²) >= 11 is 7.77. The fourth-order valence-corrected chi connectivity index (χ4v) is 4.84. The molecule has 0 spiro atoms. The van der Waals surface area contributed by atoms with Gasteiger partial charge in [0.05, 0.1) is 9.92 Å². The van der Waals surface area contributed by atoms with Gasteiger partial charge < -0.3 is 20.7 Å². The lowest BCUT2D eigenvalue weighted by atomic mass is 9.90. The van der Waals surface area contributed by atoms with Crippen LogP contribution in [0.4, 0.5) is 16.6 Å². The number of nitrogens with two attached hydrogens (primary N) is 1. The van der Waals surface area contributed by atoms with E-state index < -0.39 is 5.60 Å². The average molecular weight is 490 g/mol. The number of nitrogens with zero attached hydrogens (tertiary/aromatic N) is 5. The van der Waals surface area contributed by atoms with Crippen LogP contribution in [0.25, 0.3) is 5.65 Å². The second-order valence-corrected chi connectivity index (χ2v) is 10.8. The lowest BCUT2D eigenvalue weighted by molar-refractivity contribution is 0.0448. The molecule has 176 valence electrons. The van der Waals surface area contributed by atoms with Crippen molar-refractivity contribution in [2.24, 2.45) is 0 Å². The Morgan fingerprint density at radius 2 is 1.94 bits per heavy atom. The topological polar surface area (TPSA) is 111 Å². The highest BCUT2D eigenvalue weighted by atomic mass is 35.5. The number of pyridine rings is 1. The number of imidazole rings is 1. The van der Waals surface area contributed by atoms with Crippen molar-refractivity contribution in [2.75, 3.05) is 23.7 Å². The van der Waals surface area contributed by atoms with Crippen molar-refractivity contribution in [2.45, 2.75) is 61.5 Å². The van der Waals surface area contributed by atoms with Gasteiger partial charge in [0.1, 0.15) is 11.4 Å². The number of aromatic nitrogens is 4. The largest absolute Gasteiger partial charge is 0.444 e. The number of carbonyl (C=O) groups excluding carboxylic acids is 1. The van der Waals surface area contributed by atoms with E-state index in [1.165, 1.54) is 11.8 Å². The fourth-order valence-electron chi connectivity index (χ4n) is 3.70. The lowest BCUT2D eigenvalue weighted by Gasteiger charge is -2.40. The van der Waals surface area contributed by atoms with Gasteiger partial charge in [-0.05, 0) is 46.6 Å². The Morgan fingerprint density at radius 1 is 1.21 bits per heavy atom. The van der Waals surface area contributed by atoms with Gasteiger partial charge in [0, 0.05) is 48.3 Å². The quantitative estimate of drug-likeness (QED) is 0.555. The van der Waals surface area contributed by atoms with Crippen LogP contribution in [-0.4, -0.2) is 49.7 Å². The summed E-state index contributed by atoms with van der Waals surface area (Å²) < 4.78 is 7.41. The Hall–Kier alpha value is -2.72. The molecule has 4 heterocycles. The van der Waals surface area contributed by atoms with Crippen LogP contribution in [0.2, 0.25) is 5.02 Å². The highest BCUT2D eigenvalue weighted by molar-refractivity contribution is 7.99. The predicted octanol–water partition coefficient (Wildman–Crippen LogP) is 4.39. The van der Waals surface area contributed by atoms with Crippen molar-refractivity contribution >= 4 is 46.9 Å². The van der Waals surface area contributed by atoms with Crippen LogP contribution >= 0.6 is 23.4 Å². The van der Waals surface area contributed by atoms with Crippen molar-refractivity contribution in [1.82, 2.24) is 24.7 Å². The molecule has 0 radical (unpaired) electrons. The number of fused-ring (bicyclic) bond motifs is 1. The second-order valence-electron chi connectivity index (χ2n) is 9.33. The highest BCUT2D eigenvalue weighted by Gasteiger charge is 2.34.